The molecule has 0 radical (unpaired) electrons. The molecule has 3 rings (SSSR count). The first-order valence-electron chi connectivity index (χ1n) is 8.47. The van der Waals surface area contributed by atoms with Crippen molar-refractivity contribution in [1.82, 2.24) is 10.2 Å². The van der Waals surface area contributed by atoms with Crippen LogP contribution in [-0.4, -0.2) is 57.9 Å². The molecule has 5 nitrogen and oxygen atoms in total. The van der Waals surface area contributed by atoms with Crippen molar-refractivity contribution in [2.24, 2.45) is 10.4 Å². The molecular formula is C18H27FIN3O2. The van der Waals surface area contributed by atoms with Gasteiger partial charge in [0.2, 0.25) is 0 Å². The molecule has 0 saturated carbocycles. The van der Waals surface area contributed by atoms with E-state index >= 15 is 0 Å². The van der Waals surface area contributed by atoms with Crippen molar-refractivity contribution in [3.63, 3.8) is 0 Å². The van der Waals surface area contributed by atoms with E-state index in [0.717, 1.165) is 50.7 Å². The van der Waals surface area contributed by atoms with Crippen LogP contribution in [0.3, 0.4) is 0 Å². The fourth-order valence-electron chi connectivity index (χ4n) is 3.62. The second kappa shape index (κ2) is 9.14. The molecule has 2 aliphatic heterocycles. The van der Waals surface area contributed by atoms with E-state index in [9.17, 15) is 4.39 Å². The molecule has 2 aliphatic rings. The van der Waals surface area contributed by atoms with Crippen LogP contribution < -0.4 is 5.32 Å². The Morgan fingerprint density at radius 2 is 2.16 bits per heavy atom. The van der Waals surface area contributed by atoms with E-state index in [1.807, 2.05) is 0 Å². The third kappa shape index (κ3) is 4.83. The van der Waals surface area contributed by atoms with Gasteiger partial charge >= 0.3 is 0 Å². The summed E-state index contributed by atoms with van der Waals surface area (Å²) in [6.45, 7) is 4.31. The fourth-order valence-corrected chi connectivity index (χ4v) is 3.62. The lowest BCUT2D eigenvalue weighted by atomic mass is 9.87. The van der Waals surface area contributed by atoms with E-state index in [1.165, 1.54) is 12.1 Å². The van der Waals surface area contributed by atoms with E-state index in [4.69, 9.17) is 9.47 Å². The first kappa shape index (κ1) is 20.4. The maximum Gasteiger partial charge on any atom is 0.193 e. The molecule has 2 unspecified atom stereocenters. The van der Waals surface area contributed by atoms with Crippen molar-refractivity contribution in [2.45, 2.75) is 18.9 Å². The van der Waals surface area contributed by atoms with Gasteiger partial charge in [-0.05, 0) is 30.5 Å². The molecule has 2 saturated heterocycles. The highest BCUT2D eigenvalue weighted by Crippen LogP contribution is 2.38. The Labute approximate surface area is 166 Å². The Morgan fingerprint density at radius 3 is 2.76 bits per heavy atom. The second-order valence-electron chi connectivity index (χ2n) is 6.68. The molecule has 2 atom stereocenters. The zero-order valence-corrected chi connectivity index (χ0v) is 17.2. The summed E-state index contributed by atoms with van der Waals surface area (Å²) in [6, 6.07) is 6.43. The molecule has 7 heteroatoms. The molecule has 25 heavy (non-hydrogen) atoms. The van der Waals surface area contributed by atoms with E-state index in [0.29, 0.717) is 12.0 Å². The van der Waals surface area contributed by atoms with Gasteiger partial charge in [-0.15, -0.1) is 24.0 Å². The van der Waals surface area contributed by atoms with Crippen LogP contribution >= 0.6 is 24.0 Å². The highest BCUT2D eigenvalue weighted by molar-refractivity contribution is 14.0. The number of ether oxygens (including phenoxy) is 2. The normalized spacial score (nSPS) is 24.4. The Balaban J connectivity index is 0.00000225. The van der Waals surface area contributed by atoms with Gasteiger partial charge in [-0.2, -0.15) is 0 Å². The monoisotopic (exact) mass is 463 g/mol. The maximum absolute atomic E-state index is 13.1. The molecule has 1 N–H and O–H groups in total. The van der Waals surface area contributed by atoms with Gasteiger partial charge in [0.25, 0.3) is 0 Å². The van der Waals surface area contributed by atoms with Crippen molar-refractivity contribution < 1.29 is 13.9 Å². The third-order valence-corrected chi connectivity index (χ3v) is 5.11. The van der Waals surface area contributed by atoms with Crippen molar-refractivity contribution in [3.05, 3.63) is 35.6 Å². The van der Waals surface area contributed by atoms with Crippen molar-refractivity contribution >= 4 is 29.9 Å². The minimum absolute atomic E-state index is 0. The lowest BCUT2D eigenvalue weighted by Crippen LogP contribution is -2.43. The summed E-state index contributed by atoms with van der Waals surface area (Å²) in [6.07, 6.45) is 2.14. The average Bonchev–Trinajstić information content (AvgIpc) is 3.23. The minimum atomic E-state index is -0.237. The summed E-state index contributed by atoms with van der Waals surface area (Å²) in [5, 5.41) is 3.40. The highest BCUT2D eigenvalue weighted by atomic mass is 127. The summed E-state index contributed by atoms with van der Waals surface area (Å²) >= 11 is 0. The number of rotatable bonds is 4. The third-order valence-electron chi connectivity index (χ3n) is 5.11. The number of hydrogen-bond donors (Lipinski definition) is 1. The SMILES string of the molecule is CN=C(NCC(OC)c1ccc(F)cc1)N1CCC2(CCOC2)C1.I. The molecule has 1 aromatic rings. The Morgan fingerprint density at radius 1 is 1.40 bits per heavy atom. The molecule has 0 aliphatic carbocycles. The Kier molecular flexibility index (Phi) is 7.45. The maximum atomic E-state index is 13.1. The average molecular weight is 463 g/mol. The van der Waals surface area contributed by atoms with Crippen molar-refractivity contribution in [1.29, 1.82) is 0 Å². The number of guanidine groups is 1. The van der Waals surface area contributed by atoms with Crippen LogP contribution in [0.4, 0.5) is 4.39 Å². The summed E-state index contributed by atoms with van der Waals surface area (Å²) in [5.74, 6) is 0.654. The molecule has 0 aromatic heterocycles. The van der Waals surface area contributed by atoms with Crippen LogP contribution in [-0.2, 0) is 9.47 Å². The number of aliphatic imine (C=N–C) groups is 1. The lowest BCUT2D eigenvalue weighted by molar-refractivity contribution is 0.105. The quantitative estimate of drug-likeness (QED) is 0.424. The van der Waals surface area contributed by atoms with Gasteiger partial charge in [-0.25, -0.2) is 4.39 Å². The van der Waals surface area contributed by atoms with Gasteiger partial charge in [0.1, 0.15) is 5.82 Å². The fraction of sp³-hybridized carbons (Fsp3) is 0.611. The van der Waals surface area contributed by atoms with Gasteiger partial charge in [-0.3, -0.25) is 4.99 Å². The first-order chi connectivity index (χ1) is 11.7. The standard InChI is InChI=1S/C18H26FN3O2.HI/c1-20-17(22-9-7-18(12-22)8-10-24-13-18)21-11-16(23-2)14-3-5-15(19)6-4-14;/h3-6,16H,7-13H2,1-2H3,(H,20,21);1H. The topological polar surface area (TPSA) is 46.1 Å². The van der Waals surface area contributed by atoms with Gasteiger partial charge in [-0.1, -0.05) is 12.1 Å². The zero-order valence-electron chi connectivity index (χ0n) is 14.8. The van der Waals surface area contributed by atoms with Crippen LogP contribution in [0.2, 0.25) is 0 Å². The second-order valence-corrected chi connectivity index (χ2v) is 6.68. The highest BCUT2D eigenvalue weighted by Gasteiger charge is 2.42. The predicted molar refractivity (Wildman–Crippen MR) is 107 cm³/mol. The molecule has 2 fully saturated rings. The number of hydrogen-bond acceptors (Lipinski definition) is 3. The zero-order chi connectivity index (χ0) is 17.0. The number of halogens is 2. The summed E-state index contributed by atoms with van der Waals surface area (Å²) in [7, 11) is 3.47. The van der Waals surface area contributed by atoms with Gasteiger partial charge in [0, 0.05) is 45.8 Å². The first-order valence-corrected chi connectivity index (χ1v) is 8.47. The van der Waals surface area contributed by atoms with E-state index < -0.39 is 0 Å². The minimum Gasteiger partial charge on any atom is -0.381 e. The molecule has 140 valence electrons. The molecule has 0 bridgehead atoms. The molecular weight excluding hydrogens is 436 g/mol. The van der Waals surface area contributed by atoms with Crippen LogP contribution in [0.25, 0.3) is 0 Å². The summed E-state index contributed by atoms with van der Waals surface area (Å²) in [5.41, 5.74) is 1.25. The lowest BCUT2D eigenvalue weighted by Gasteiger charge is -2.26. The summed E-state index contributed by atoms with van der Waals surface area (Å²) < 4.78 is 24.2. The number of benzene rings is 1. The summed E-state index contributed by atoms with van der Waals surface area (Å²) in [4.78, 5) is 6.71. The van der Waals surface area contributed by atoms with Crippen molar-refractivity contribution in [2.75, 3.05) is 47.0 Å². The Bertz CT molecular complexity index is 576. The molecule has 1 aromatic carbocycles. The largest absolute Gasteiger partial charge is 0.381 e. The van der Waals surface area contributed by atoms with Crippen LogP contribution in [0, 0.1) is 11.2 Å². The number of nitrogens with zero attached hydrogens (tertiary/aromatic N) is 2. The van der Waals surface area contributed by atoms with Crippen LogP contribution in [0.15, 0.2) is 29.3 Å². The van der Waals surface area contributed by atoms with Gasteiger partial charge in [0.05, 0.1) is 12.7 Å². The molecule has 0 amide bonds. The van der Waals surface area contributed by atoms with E-state index in [-0.39, 0.29) is 35.9 Å². The predicted octanol–water partition coefficient (Wildman–Crippen LogP) is 2.82. The van der Waals surface area contributed by atoms with Gasteiger partial charge in [0.15, 0.2) is 5.96 Å². The smallest absolute Gasteiger partial charge is 0.193 e. The molecule has 1 spiro atoms. The van der Waals surface area contributed by atoms with E-state index in [2.05, 4.69) is 15.2 Å². The number of likely N-dealkylation sites (tertiary alicyclic amines) is 1. The number of nitrogens with one attached hydrogen (secondary N) is 1. The van der Waals surface area contributed by atoms with E-state index in [1.54, 1.807) is 26.3 Å². The molecule has 2 heterocycles. The van der Waals surface area contributed by atoms with Crippen LogP contribution in [0.5, 0.6) is 0 Å². The number of methoxy groups -OCH3 is 1. The van der Waals surface area contributed by atoms with Crippen LogP contribution in [0.1, 0.15) is 24.5 Å². The Hall–Kier alpha value is -0.930. The van der Waals surface area contributed by atoms with Gasteiger partial charge < -0.3 is 19.7 Å². The van der Waals surface area contributed by atoms with Crippen molar-refractivity contribution in [3.8, 4) is 0 Å².